The molecule has 0 heterocycles. The molecule has 0 unspecified atom stereocenters. The van der Waals surface area contributed by atoms with E-state index in [-0.39, 0.29) is 16.8 Å². The summed E-state index contributed by atoms with van der Waals surface area (Å²) >= 11 is 0. The van der Waals surface area contributed by atoms with Crippen LogP contribution in [-0.4, -0.2) is 22.7 Å². The Morgan fingerprint density at radius 3 is 2.33 bits per heavy atom. The van der Waals surface area contributed by atoms with E-state index in [4.69, 9.17) is 22.0 Å². The summed E-state index contributed by atoms with van der Waals surface area (Å²) in [6.45, 7) is 0. The third kappa shape index (κ3) is 2.11. The molecule has 0 saturated carbocycles. The number of amides is 1. The molecule has 15 heavy (non-hydrogen) atoms. The average molecular weight is 207 g/mol. The second kappa shape index (κ2) is 3.79. The van der Waals surface area contributed by atoms with Crippen molar-refractivity contribution in [1.82, 2.24) is 0 Å². The number of hydrogen-bond acceptors (Lipinski definition) is 4. The summed E-state index contributed by atoms with van der Waals surface area (Å²) in [4.78, 5) is 21.3. The smallest absolute Gasteiger partial charge is 0.335 e. The highest BCUT2D eigenvalue weighted by Gasteiger charge is 2.13. The number of carbonyl (C=O) groups excluding carboxylic acids is 1. The molecule has 0 aliphatic carbocycles. The van der Waals surface area contributed by atoms with Crippen molar-refractivity contribution in [2.45, 2.75) is 0 Å². The lowest BCUT2D eigenvalue weighted by molar-refractivity contribution is -0.112. The summed E-state index contributed by atoms with van der Waals surface area (Å²) in [7, 11) is 0. The molecule has 78 valence electrons. The number of nitrogen functional groups attached to an aromatic ring is 1. The number of carboxylic acids is 1. The number of benzene rings is 1. The minimum absolute atomic E-state index is 0.00600. The lowest BCUT2D eigenvalue weighted by Crippen LogP contribution is -2.24. The maximum atomic E-state index is 10.7. The molecular formula is C9H9N3O3. The van der Waals surface area contributed by atoms with Crippen LogP contribution in [0.5, 0.6) is 0 Å². The van der Waals surface area contributed by atoms with Crippen molar-refractivity contribution in [3.05, 3.63) is 29.3 Å². The maximum Gasteiger partial charge on any atom is 0.335 e. The molecule has 0 radical (unpaired) electrons. The normalized spacial score (nSPS) is 9.60. The van der Waals surface area contributed by atoms with Crippen LogP contribution in [0.1, 0.15) is 15.9 Å². The molecule has 0 fully saturated rings. The quantitative estimate of drug-likeness (QED) is 0.404. The van der Waals surface area contributed by atoms with Crippen LogP contribution in [0.25, 0.3) is 0 Å². The number of primary amides is 1. The fraction of sp³-hybridized carbons (Fsp3) is 0. The molecule has 1 amide bonds. The zero-order valence-electron chi connectivity index (χ0n) is 7.65. The largest absolute Gasteiger partial charge is 0.478 e. The van der Waals surface area contributed by atoms with Gasteiger partial charge in [0.05, 0.1) is 5.56 Å². The summed E-state index contributed by atoms with van der Waals surface area (Å²) in [6, 6.07) is 3.71. The van der Waals surface area contributed by atoms with Crippen molar-refractivity contribution >= 4 is 23.3 Å². The predicted octanol–water partition coefficient (Wildman–Crippen LogP) is -0.180. The van der Waals surface area contributed by atoms with Gasteiger partial charge >= 0.3 is 5.97 Å². The minimum atomic E-state index is -1.13. The van der Waals surface area contributed by atoms with Gasteiger partial charge in [0.1, 0.15) is 5.71 Å². The van der Waals surface area contributed by atoms with E-state index in [0.717, 1.165) is 0 Å². The van der Waals surface area contributed by atoms with Gasteiger partial charge in [0.2, 0.25) is 0 Å². The van der Waals surface area contributed by atoms with Crippen LogP contribution in [0.4, 0.5) is 5.69 Å². The van der Waals surface area contributed by atoms with Gasteiger partial charge in [-0.3, -0.25) is 10.2 Å². The molecule has 0 bridgehead atoms. The van der Waals surface area contributed by atoms with Crippen molar-refractivity contribution in [2.75, 3.05) is 5.73 Å². The highest BCUT2D eigenvalue weighted by molar-refractivity contribution is 6.44. The van der Waals surface area contributed by atoms with E-state index >= 15 is 0 Å². The molecule has 0 aliphatic rings. The van der Waals surface area contributed by atoms with Crippen molar-refractivity contribution in [3.63, 3.8) is 0 Å². The maximum absolute atomic E-state index is 10.7. The lowest BCUT2D eigenvalue weighted by atomic mass is 10.0. The molecule has 1 aromatic carbocycles. The standard InChI is InChI=1S/C9H9N3O3/c10-6-3-4(9(14)15)1-2-5(6)7(11)8(12)13/h1-3,11H,10H2,(H2,12,13)(H,14,15). The number of carboxylic acid groups (broad SMARTS) is 1. The SMILES string of the molecule is N=C(C(N)=O)c1ccc(C(=O)O)cc1N. The molecule has 6 heteroatoms. The Morgan fingerprint density at radius 1 is 1.33 bits per heavy atom. The molecule has 1 rings (SSSR count). The number of rotatable bonds is 3. The van der Waals surface area contributed by atoms with Crippen molar-refractivity contribution < 1.29 is 14.7 Å². The Balaban J connectivity index is 3.19. The lowest BCUT2D eigenvalue weighted by Gasteiger charge is -2.05. The van der Waals surface area contributed by atoms with Gasteiger partial charge in [-0.25, -0.2) is 4.79 Å². The van der Waals surface area contributed by atoms with E-state index in [2.05, 4.69) is 0 Å². The Bertz CT molecular complexity index is 454. The monoisotopic (exact) mass is 207 g/mol. The van der Waals surface area contributed by atoms with Crippen LogP contribution in [0.15, 0.2) is 18.2 Å². The molecule has 6 nitrogen and oxygen atoms in total. The zero-order chi connectivity index (χ0) is 11.6. The van der Waals surface area contributed by atoms with Crippen LogP contribution in [0.3, 0.4) is 0 Å². The van der Waals surface area contributed by atoms with Crippen molar-refractivity contribution in [1.29, 1.82) is 5.41 Å². The van der Waals surface area contributed by atoms with E-state index < -0.39 is 17.6 Å². The van der Waals surface area contributed by atoms with Crippen molar-refractivity contribution in [2.24, 2.45) is 5.73 Å². The van der Waals surface area contributed by atoms with Gasteiger partial charge in [-0.05, 0) is 18.2 Å². The van der Waals surface area contributed by atoms with E-state index in [9.17, 15) is 9.59 Å². The first-order valence-corrected chi connectivity index (χ1v) is 3.95. The van der Waals surface area contributed by atoms with Gasteiger partial charge in [0.15, 0.2) is 0 Å². The van der Waals surface area contributed by atoms with E-state index in [0.29, 0.717) is 0 Å². The summed E-state index contributed by atoms with van der Waals surface area (Å²) in [6.07, 6.45) is 0. The molecule has 0 aromatic heterocycles. The first-order valence-electron chi connectivity index (χ1n) is 3.95. The molecular weight excluding hydrogens is 198 g/mol. The van der Waals surface area contributed by atoms with Crippen LogP contribution < -0.4 is 11.5 Å². The number of aromatic carboxylic acids is 1. The fourth-order valence-electron chi connectivity index (χ4n) is 1.06. The van der Waals surface area contributed by atoms with Crippen LogP contribution in [-0.2, 0) is 4.79 Å². The van der Waals surface area contributed by atoms with Crippen LogP contribution in [0.2, 0.25) is 0 Å². The molecule has 6 N–H and O–H groups in total. The van der Waals surface area contributed by atoms with Gasteiger partial charge in [-0.2, -0.15) is 0 Å². The highest BCUT2D eigenvalue weighted by Crippen LogP contribution is 2.14. The third-order valence-electron chi connectivity index (χ3n) is 1.81. The number of hydrogen-bond donors (Lipinski definition) is 4. The third-order valence-corrected chi connectivity index (χ3v) is 1.81. The Kier molecular flexibility index (Phi) is 2.70. The topological polar surface area (TPSA) is 130 Å². The summed E-state index contributed by atoms with van der Waals surface area (Å²) in [5, 5.41) is 15.9. The molecule has 0 saturated heterocycles. The Hall–Kier alpha value is -2.37. The summed E-state index contributed by atoms with van der Waals surface area (Å²) in [5.41, 5.74) is 10.1. The average Bonchev–Trinajstić information content (AvgIpc) is 2.16. The summed E-state index contributed by atoms with van der Waals surface area (Å²) in [5.74, 6) is -2.04. The number of carbonyl (C=O) groups is 2. The van der Waals surface area contributed by atoms with Gasteiger partial charge in [-0.1, -0.05) is 0 Å². The molecule has 0 aliphatic heterocycles. The second-order valence-corrected chi connectivity index (χ2v) is 2.85. The number of anilines is 1. The van der Waals surface area contributed by atoms with E-state index in [1.54, 1.807) is 0 Å². The van der Waals surface area contributed by atoms with E-state index in [1.165, 1.54) is 18.2 Å². The van der Waals surface area contributed by atoms with Gasteiger partial charge in [0, 0.05) is 11.3 Å². The zero-order valence-corrected chi connectivity index (χ0v) is 7.65. The summed E-state index contributed by atoms with van der Waals surface area (Å²) < 4.78 is 0. The van der Waals surface area contributed by atoms with Gasteiger partial charge in [0.25, 0.3) is 5.91 Å². The first kappa shape index (κ1) is 10.7. The predicted molar refractivity (Wildman–Crippen MR) is 53.8 cm³/mol. The van der Waals surface area contributed by atoms with E-state index in [1.807, 2.05) is 0 Å². The molecule has 1 aromatic rings. The number of nitrogens with one attached hydrogen (secondary N) is 1. The van der Waals surface area contributed by atoms with Gasteiger partial charge in [-0.15, -0.1) is 0 Å². The second-order valence-electron chi connectivity index (χ2n) is 2.85. The first-order chi connectivity index (χ1) is 6.93. The number of nitrogens with two attached hydrogens (primary N) is 2. The minimum Gasteiger partial charge on any atom is -0.478 e. The van der Waals surface area contributed by atoms with Gasteiger partial charge < -0.3 is 16.6 Å². The molecule has 0 spiro atoms. The molecule has 0 atom stereocenters. The fourth-order valence-corrected chi connectivity index (χ4v) is 1.06. The van der Waals surface area contributed by atoms with Crippen LogP contribution in [0, 0.1) is 5.41 Å². The Labute approximate surface area is 85.0 Å². The highest BCUT2D eigenvalue weighted by atomic mass is 16.4. The van der Waals surface area contributed by atoms with Crippen LogP contribution >= 0.6 is 0 Å². The van der Waals surface area contributed by atoms with Crippen molar-refractivity contribution in [3.8, 4) is 0 Å². The Morgan fingerprint density at radius 2 is 1.93 bits per heavy atom.